The Morgan fingerprint density at radius 3 is 2.21 bits per heavy atom. The number of carbonyl (C=O) groups is 4. The molecule has 1 aliphatic carbocycles. The van der Waals surface area contributed by atoms with Gasteiger partial charge < -0.3 is 16.2 Å². The second-order valence-corrected chi connectivity index (χ2v) is 8.01. The maximum Gasteiger partial charge on any atom is 0.325 e. The Bertz CT molecular complexity index is 1130. The summed E-state index contributed by atoms with van der Waals surface area (Å²) in [6.07, 6.45) is 4.47. The lowest BCUT2D eigenvalue weighted by atomic mass is 9.72. The van der Waals surface area contributed by atoms with Crippen molar-refractivity contribution in [3.8, 4) is 0 Å². The van der Waals surface area contributed by atoms with E-state index in [9.17, 15) is 19.2 Å². The van der Waals surface area contributed by atoms with Crippen molar-refractivity contribution in [3.05, 3.63) is 95.7 Å². The largest absolute Gasteiger partial charge is 0.468 e. The van der Waals surface area contributed by atoms with E-state index in [1.807, 2.05) is 30.3 Å². The molecule has 2 aromatic carbocycles. The van der Waals surface area contributed by atoms with Gasteiger partial charge >= 0.3 is 5.97 Å². The molecule has 1 aliphatic rings. The van der Waals surface area contributed by atoms with E-state index in [0.717, 1.165) is 17.6 Å². The number of rotatable bonds is 8. The summed E-state index contributed by atoms with van der Waals surface area (Å²) in [5, 5.41) is 0. The number of imide groups is 1. The highest BCUT2D eigenvalue weighted by atomic mass is 16.5. The maximum atomic E-state index is 13.9. The fourth-order valence-corrected chi connectivity index (χ4v) is 3.80. The minimum Gasteiger partial charge on any atom is -0.468 e. The monoisotopic (exact) mass is 461 g/mol. The Morgan fingerprint density at radius 2 is 1.65 bits per heavy atom. The van der Waals surface area contributed by atoms with Gasteiger partial charge in [0.05, 0.1) is 13.2 Å². The van der Waals surface area contributed by atoms with Gasteiger partial charge in [-0.15, -0.1) is 0 Å². The minimum atomic E-state index is -1.80. The molecule has 34 heavy (non-hydrogen) atoms. The summed E-state index contributed by atoms with van der Waals surface area (Å²) in [4.78, 5) is 53.7. The highest BCUT2D eigenvalue weighted by Crippen LogP contribution is 2.34. The fourth-order valence-electron chi connectivity index (χ4n) is 3.80. The van der Waals surface area contributed by atoms with Crippen molar-refractivity contribution in [1.82, 2.24) is 4.90 Å². The third-order valence-electron chi connectivity index (χ3n) is 5.70. The number of benzene rings is 2. The zero-order valence-corrected chi connectivity index (χ0v) is 18.8. The Morgan fingerprint density at radius 1 is 1.03 bits per heavy atom. The number of ether oxygens (including phenoxy) is 1. The zero-order valence-electron chi connectivity index (χ0n) is 18.8. The molecule has 0 saturated carbocycles. The summed E-state index contributed by atoms with van der Waals surface area (Å²) in [6, 6.07) is 16.2. The van der Waals surface area contributed by atoms with Crippen LogP contribution in [0.4, 0.5) is 0 Å². The van der Waals surface area contributed by atoms with Crippen LogP contribution in [0.1, 0.15) is 22.3 Å². The number of carbonyl (C=O) groups excluding carboxylic acids is 4. The molecule has 0 spiro atoms. The van der Waals surface area contributed by atoms with Crippen LogP contribution < -0.4 is 11.5 Å². The van der Waals surface area contributed by atoms with Gasteiger partial charge in [0.1, 0.15) is 12.0 Å². The van der Waals surface area contributed by atoms with Crippen LogP contribution in [-0.4, -0.2) is 48.2 Å². The molecule has 0 radical (unpaired) electrons. The summed E-state index contributed by atoms with van der Waals surface area (Å²) in [5.41, 5.74) is 11.7. The number of esters is 1. The van der Waals surface area contributed by atoms with E-state index in [4.69, 9.17) is 16.2 Å². The van der Waals surface area contributed by atoms with Gasteiger partial charge in [0, 0.05) is 11.3 Å². The molecule has 2 amide bonds. The average molecular weight is 462 g/mol. The summed E-state index contributed by atoms with van der Waals surface area (Å²) in [6.45, 7) is -0.654. The molecule has 2 atom stereocenters. The molecule has 176 valence electrons. The van der Waals surface area contributed by atoms with Crippen LogP contribution in [0.5, 0.6) is 0 Å². The number of nitrogens with zero attached hydrogens (tertiary/aromatic N) is 1. The molecule has 0 saturated heterocycles. The minimum absolute atomic E-state index is 0.0881. The Hall–Kier alpha value is -4.04. The first-order valence-corrected chi connectivity index (χ1v) is 10.8. The second kappa shape index (κ2) is 10.7. The molecule has 8 heteroatoms. The molecule has 0 aromatic heterocycles. The number of nitrogens with two attached hydrogens (primary N) is 2. The quantitative estimate of drug-likeness (QED) is 0.348. The molecular formula is C26H27N3O5. The van der Waals surface area contributed by atoms with E-state index in [1.54, 1.807) is 18.2 Å². The van der Waals surface area contributed by atoms with Crippen LogP contribution in [0.2, 0.25) is 0 Å². The third kappa shape index (κ3) is 5.29. The third-order valence-corrected chi connectivity index (χ3v) is 5.70. The first-order chi connectivity index (χ1) is 16.3. The predicted octanol–water partition coefficient (Wildman–Crippen LogP) is 1.76. The van der Waals surface area contributed by atoms with E-state index in [1.165, 1.54) is 30.4 Å². The molecule has 0 heterocycles. The summed E-state index contributed by atoms with van der Waals surface area (Å²) in [5.74, 6) is -2.96. The van der Waals surface area contributed by atoms with Gasteiger partial charge in [0.25, 0.3) is 5.91 Å². The lowest BCUT2D eigenvalue weighted by Gasteiger charge is -2.35. The number of hydrogen-bond acceptors (Lipinski definition) is 7. The van der Waals surface area contributed by atoms with E-state index in [2.05, 4.69) is 0 Å². The lowest BCUT2D eigenvalue weighted by molar-refractivity contribution is -0.151. The van der Waals surface area contributed by atoms with Gasteiger partial charge in [-0.2, -0.15) is 0 Å². The molecule has 3 rings (SSSR count). The highest BCUT2D eigenvalue weighted by molar-refractivity contribution is 6.17. The van der Waals surface area contributed by atoms with Crippen molar-refractivity contribution in [2.45, 2.75) is 18.9 Å². The molecule has 0 bridgehead atoms. The van der Waals surface area contributed by atoms with Crippen molar-refractivity contribution < 1.29 is 23.9 Å². The predicted molar refractivity (Wildman–Crippen MR) is 126 cm³/mol. The molecule has 1 unspecified atom stereocenters. The second-order valence-electron chi connectivity index (χ2n) is 8.01. The van der Waals surface area contributed by atoms with Gasteiger partial charge in [0.15, 0.2) is 5.78 Å². The number of allylic oxidation sites excluding steroid dienone is 2. The summed E-state index contributed by atoms with van der Waals surface area (Å²) < 4.78 is 4.70. The average Bonchev–Trinajstić information content (AvgIpc) is 2.87. The standard InChI is InChI=1S/C26H27N3O5/c1-34-22(30)17-29(24(32)19-10-6-3-7-11-19)25(33)26(14-12-20(27)13-15-26)23(31)21(28)16-18-8-4-2-5-9-18/h2-14,21H,15-17,27-28H2,1H3/t21-,26?/m0/s1. The van der Waals surface area contributed by atoms with E-state index >= 15 is 0 Å². The zero-order chi connectivity index (χ0) is 24.7. The number of amides is 2. The van der Waals surface area contributed by atoms with Crippen molar-refractivity contribution in [2.24, 2.45) is 16.9 Å². The van der Waals surface area contributed by atoms with Gasteiger partial charge in [-0.1, -0.05) is 60.7 Å². The smallest absolute Gasteiger partial charge is 0.325 e. The Labute approximate surface area is 197 Å². The number of methoxy groups -OCH3 is 1. The first-order valence-electron chi connectivity index (χ1n) is 10.8. The van der Waals surface area contributed by atoms with Crippen LogP contribution in [0.3, 0.4) is 0 Å². The van der Waals surface area contributed by atoms with Crippen LogP contribution in [-0.2, 0) is 25.5 Å². The van der Waals surface area contributed by atoms with E-state index < -0.39 is 41.6 Å². The molecule has 0 aliphatic heterocycles. The summed E-state index contributed by atoms with van der Waals surface area (Å²) in [7, 11) is 1.15. The van der Waals surface area contributed by atoms with Crippen molar-refractivity contribution in [2.75, 3.05) is 13.7 Å². The molecule has 4 N–H and O–H groups in total. The van der Waals surface area contributed by atoms with Crippen LogP contribution in [0.15, 0.2) is 84.6 Å². The van der Waals surface area contributed by atoms with Crippen molar-refractivity contribution >= 4 is 23.6 Å². The Kier molecular flexibility index (Phi) is 7.75. The van der Waals surface area contributed by atoms with Gasteiger partial charge in [0.2, 0.25) is 5.91 Å². The topological polar surface area (TPSA) is 133 Å². The van der Waals surface area contributed by atoms with E-state index in [0.29, 0.717) is 5.70 Å². The number of ketones is 1. The molecule has 2 aromatic rings. The van der Waals surface area contributed by atoms with Crippen LogP contribution in [0, 0.1) is 5.41 Å². The maximum absolute atomic E-state index is 13.9. The fraction of sp³-hybridized carbons (Fsp3) is 0.231. The van der Waals surface area contributed by atoms with Crippen molar-refractivity contribution in [1.29, 1.82) is 0 Å². The lowest BCUT2D eigenvalue weighted by Crippen LogP contribution is -2.56. The summed E-state index contributed by atoms with van der Waals surface area (Å²) >= 11 is 0. The van der Waals surface area contributed by atoms with E-state index in [-0.39, 0.29) is 18.4 Å². The molecule has 0 fully saturated rings. The number of hydrogen-bond donors (Lipinski definition) is 2. The molecule has 8 nitrogen and oxygen atoms in total. The van der Waals surface area contributed by atoms with Gasteiger partial charge in [-0.3, -0.25) is 24.1 Å². The normalized spacial score (nSPS) is 17.9. The Balaban J connectivity index is 2.00. The van der Waals surface area contributed by atoms with Crippen LogP contribution in [0.25, 0.3) is 0 Å². The first kappa shape index (κ1) is 24.6. The number of Topliss-reactive ketones (excluding diaryl/α,β-unsaturated/α-hetero) is 1. The van der Waals surface area contributed by atoms with Crippen molar-refractivity contribution in [3.63, 3.8) is 0 Å². The molecular weight excluding hydrogens is 434 g/mol. The SMILES string of the molecule is COC(=O)CN(C(=O)c1ccccc1)C(=O)C1(C(=O)[C@@H](N)Cc2ccccc2)C=CC(N)=CC1. The highest BCUT2D eigenvalue weighted by Gasteiger charge is 2.49. The van der Waals surface area contributed by atoms with Gasteiger partial charge in [-0.05, 0) is 36.6 Å². The van der Waals surface area contributed by atoms with Gasteiger partial charge in [-0.25, -0.2) is 0 Å². The van der Waals surface area contributed by atoms with Crippen LogP contribution >= 0.6 is 0 Å².